The summed E-state index contributed by atoms with van der Waals surface area (Å²) in [7, 11) is 0. The number of carbonyl (C=O) groups is 1. The lowest BCUT2D eigenvalue weighted by molar-refractivity contribution is -0.122. The van der Waals surface area contributed by atoms with E-state index in [2.05, 4.69) is 22.1 Å². The second kappa shape index (κ2) is 6.70. The van der Waals surface area contributed by atoms with Crippen LogP contribution in [0.15, 0.2) is 18.2 Å². The predicted octanol–water partition coefficient (Wildman–Crippen LogP) is 1.39. The first-order chi connectivity index (χ1) is 10.0. The number of amides is 1. The lowest BCUT2D eigenvalue weighted by atomic mass is 9.89. The van der Waals surface area contributed by atoms with Gasteiger partial charge in [0.05, 0.1) is 24.7 Å². The summed E-state index contributed by atoms with van der Waals surface area (Å²) in [6.07, 6.45) is 0.000629. The van der Waals surface area contributed by atoms with Crippen LogP contribution in [-0.2, 0) is 9.53 Å². The molecule has 5 nitrogen and oxygen atoms in total. The van der Waals surface area contributed by atoms with Crippen LogP contribution in [0.4, 0.5) is 5.82 Å². The topological polar surface area (TPSA) is 77.2 Å². The van der Waals surface area contributed by atoms with E-state index in [0.29, 0.717) is 11.5 Å². The number of pyridine rings is 1. The second-order valence-electron chi connectivity index (χ2n) is 5.33. The molecule has 1 aliphatic heterocycles. The van der Waals surface area contributed by atoms with Crippen LogP contribution >= 0.6 is 0 Å². The monoisotopic (exact) mass is 287 g/mol. The molecule has 1 aromatic heterocycles. The first-order valence-electron chi connectivity index (χ1n) is 7.15. The average Bonchev–Trinajstić information content (AvgIpc) is 2.70. The van der Waals surface area contributed by atoms with E-state index in [4.69, 9.17) is 10.5 Å². The predicted molar refractivity (Wildman–Crippen MR) is 81.5 cm³/mol. The maximum Gasteiger partial charge on any atom is 0.231 e. The summed E-state index contributed by atoms with van der Waals surface area (Å²) in [6.45, 7) is 6.25. The molecule has 1 fully saturated rings. The van der Waals surface area contributed by atoms with Gasteiger partial charge in [-0.3, -0.25) is 4.79 Å². The van der Waals surface area contributed by atoms with Crippen LogP contribution in [0, 0.1) is 23.7 Å². The SMILES string of the molecule is CC1OC(C)C(C(=O)Nc2cccc(C#CCN)n2)C1C. The third-order valence-electron chi connectivity index (χ3n) is 3.86. The highest BCUT2D eigenvalue weighted by atomic mass is 16.5. The van der Waals surface area contributed by atoms with Gasteiger partial charge in [-0.25, -0.2) is 4.98 Å². The third-order valence-corrected chi connectivity index (χ3v) is 3.86. The van der Waals surface area contributed by atoms with Crippen LogP contribution in [0.25, 0.3) is 0 Å². The standard InChI is InChI=1S/C16H21N3O2/c1-10-11(2)21-12(3)15(10)16(20)19-14-8-4-6-13(18-14)7-5-9-17/h4,6,8,10-12,15H,9,17H2,1-3H3,(H,18,19,20). The van der Waals surface area contributed by atoms with E-state index in [0.717, 1.165) is 0 Å². The van der Waals surface area contributed by atoms with Crippen LogP contribution in [0.1, 0.15) is 26.5 Å². The van der Waals surface area contributed by atoms with Crippen molar-refractivity contribution in [2.75, 3.05) is 11.9 Å². The summed E-state index contributed by atoms with van der Waals surface area (Å²) >= 11 is 0. The Balaban J connectivity index is 2.09. The Morgan fingerprint density at radius 1 is 1.38 bits per heavy atom. The maximum absolute atomic E-state index is 12.4. The molecular formula is C16H21N3O2. The van der Waals surface area contributed by atoms with Gasteiger partial charge in [-0.2, -0.15) is 0 Å². The van der Waals surface area contributed by atoms with Crippen molar-refractivity contribution in [3.63, 3.8) is 0 Å². The Kier molecular flexibility index (Phi) is 4.94. The molecule has 0 saturated carbocycles. The molecule has 4 unspecified atom stereocenters. The van der Waals surface area contributed by atoms with Gasteiger partial charge < -0.3 is 15.8 Å². The summed E-state index contributed by atoms with van der Waals surface area (Å²) in [5.41, 5.74) is 5.93. The Morgan fingerprint density at radius 2 is 2.14 bits per heavy atom. The number of anilines is 1. The van der Waals surface area contributed by atoms with E-state index in [-0.39, 0.29) is 36.5 Å². The maximum atomic E-state index is 12.4. The summed E-state index contributed by atoms with van der Waals surface area (Å²) in [4.78, 5) is 16.7. The summed E-state index contributed by atoms with van der Waals surface area (Å²) < 4.78 is 5.70. The van der Waals surface area contributed by atoms with Crippen molar-refractivity contribution in [1.82, 2.24) is 4.98 Å². The number of nitrogens with zero attached hydrogens (tertiary/aromatic N) is 1. The number of hydrogen-bond acceptors (Lipinski definition) is 4. The van der Waals surface area contributed by atoms with Crippen LogP contribution < -0.4 is 11.1 Å². The molecule has 0 aromatic carbocycles. The molecule has 2 heterocycles. The minimum absolute atomic E-state index is 0.0595. The highest BCUT2D eigenvalue weighted by Crippen LogP contribution is 2.32. The van der Waals surface area contributed by atoms with Crippen molar-refractivity contribution in [1.29, 1.82) is 0 Å². The number of nitrogens with two attached hydrogens (primary N) is 1. The molecule has 5 heteroatoms. The molecule has 0 bridgehead atoms. The molecule has 112 valence electrons. The molecule has 2 rings (SSSR count). The van der Waals surface area contributed by atoms with Crippen LogP contribution in [0.3, 0.4) is 0 Å². The van der Waals surface area contributed by atoms with Crippen molar-refractivity contribution in [2.45, 2.75) is 33.0 Å². The Hall–Kier alpha value is -1.90. The second-order valence-corrected chi connectivity index (χ2v) is 5.33. The zero-order valence-electron chi connectivity index (χ0n) is 12.6. The van der Waals surface area contributed by atoms with Gasteiger partial charge in [-0.05, 0) is 37.8 Å². The van der Waals surface area contributed by atoms with E-state index < -0.39 is 0 Å². The lowest BCUT2D eigenvalue weighted by Gasteiger charge is -2.17. The van der Waals surface area contributed by atoms with Crippen molar-refractivity contribution in [3.05, 3.63) is 23.9 Å². The fraction of sp³-hybridized carbons (Fsp3) is 0.500. The zero-order chi connectivity index (χ0) is 15.4. The van der Waals surface area contributed by atoms with Gasteiger partial charge >= 0.3 is 0 Å². The fourth-order valence-electron chi connectivity index (χ4n) is 2.64. The number of hydrogen-bond donors (Lipinski definition) is 2. The van der Waals surface area contributed by atoms with Crippen molar-refractivity contribution >= 4 is 11.7 Å². The molecular weight excluding hydrogens is 266 g/mol. The Morgan fingerprint density at radius 3 is 2.76 bits per heavy atom. The molecule has 3 N–H and O–H groups in total. The van der Waals surface area contributed by atoms with Crippen LogP contribution in [-0.4, -0.2) is 29.6 Å². The third kappa shape index (κ3) is 3.60. The Labute approximate surface area is 125 Å². The molecule has 1 saturated heterocycles. The molecule has 1 amide bonds. The fourth-order valence-corrected chi connectivity index (χ4v) is 2.64. The molecule has 0 radical (unpaired) electrons. The average molecular weight is 287 g/mol. The van der Waals surface area contributed by atoms with Gasteiger partial charge in [-0.1, -0.05) is 18.9 Å². The largest absolute Gasteiger partial charge is 0.374 e. The molecule has 0 spiro atoms. The van der Waals surface area contributed by atoms with Gasteiger partial charge in [0.25, 0.3) is 0 Å². The highest BCUT2D eigenvalue weighted by molar-refractivity contribution is 5.92. The van der Waals surface area contributed by atoms with Crippen LogP contribution in [0.5, 0.6) is 0 Å². The smallest absolute Gasteiger partial charge is 0.231 e. The van der Waals surface area contributed by atoms with Gasteiger partial charge in [0.15, 0.2) is 0 Å². The Bertz CT molecular complexity index is 576. The van der Waals surface area contributed by atoms with E-state index in [1.807, 2.05) is 26.8 Å². The quantitative estimate of drug-likeness (QED) is 0.806. The number of ether oxygens (including phenoxy) is 1. The number of nitrogens with one attached hydrogen (secondary N) is 1. The summed E-state index contributed by atoms with van der Waals surface area (Å²) in [5, 5.41) is 2.85. The van der Waals surface area contributed by atoms with Crippen molar-refractivity contribution in [3.8, 4) is 11.8 Å². The van der Waals surface area contributed by atoms with Gasteiger partial charge in [0, 0.05) is 0 Å². The van der Waals surface area contributed by atoms with E-state index >= 15 is 0 Å². The van der Waals surface area contributed by atoms with E-state index in [9.17, 15) is 4.79 Å². The molecule has 1 aliphatic rings. The van der Waals surface area contributed by atoms with Crippen molar-refractivity contribution < 1.29 is 9.53 Å². The highest BCUT2D eigenvalue weighted by Gasteiger charge is 2.41. The zero-order valence-corrected chi connectivity index (χ0v) is 12.6. The molecule has 0 aliphatic carbocycles. The molecule has 21 heavy (non-hydrogen) atoms. The minimum atomic E-state index is -0.166. The molecule has 4 atom stereocenters. The number of aromatic nitrogens is 1. The van der Waals surface area contributed by atoms with E-state index in [1.54, 1.807) is 12.1 Å². The summed E-state index contributed by atoms with van der Waals surface area (Å²) in [5.74, 6) is 6.05. The minimum Gasteiger partial charge on any atom is -0.374 e. The van der Waals surface area contributed by atoms with Crippen LogP contribution in [0.2, 0.25) is 0 Å². The summed E-state index contributed by atoms with van der Waals surface area (Å²) in [6, 6.07) is 5.34. The van der Waals surface area contributed by atoms with Gasteiger partial charge in [0.1, 0.15) is 11.5 Å². The van der Waals surface area contributed by atoms with Gasteiger partial charge in [-0.15, -0.1) is 0 Å². The van der Waals surface area contributed by atoms with E-state index in [1.165, 1.54) is 0 Å². The van der Waals surface area contributed by atoms with Gasteiger partial charge in [0.2, 0.25) is 5.91 Å². The first kappa shape index (κ1) is 15.5. The first-order valence-corrected chi connectivity index (χ1v) is 7.15. The van der Waals surface area contributed by atoms with Crippen molar-refractivity contribution in [2.24, 2.45) is 17.6 Å². The number of carbonyl (C=O) groups excluding carboxylic acids is 1. The normalized spacial score (nSPS) is 27.8. The number of rotatable bonds is 2. The lowest BCUT2D eigenvalue weighted by Crippen LogP contribution is -2.32. The molecule has 1 aromatic rings.